The van der Waals surface area contributed by atoms with Crippen LogP contribution in [0.3, 0.4) is 0 Å². The first-order chi connectivity index (χ1) is 9.34. The lowest BCUT2D eigenvalue weighted by Gasteiger charge is -2.12. The number of carbonyl (C=O) groups is 1. The van der Waals surface area contributed by atoms with Crippen LogP contribution in [0.2, 0.25) is 0 Å². The molecule has 0 saturated heterocycles. The lowest BCUT2D eigenvalue weighted by atomic mass is 10.0. The van der Waals surface area contributed by atoms with Crippen LogP contribution in [0.5, 0.6) is 0 Å². The second-order valence-corrected chi connectivity index (χ2v) is 4.88. The van der Waals surface area contributed by atoms with Gasteiger partial charge in [-0.1, -0.05) is 0 Å². The van der Waals surface area contributed by atoms with Crippen LogP contribution in [0.1, 0.15) is 28.9 Å². The molecule has 0 fully saturated rings. The van der Waals surface area contributed by atoms with Gasteiger partial charge >= 0.3 is 5.97 Å². The molecule has 2 heterocycles. The summed E-state index contributed by atoms with van der Waals surface area (Å²) in [5.41, 5.74) is 3.69. The summed E-state index contributed by atoms with van der Waals surface area (Å²) in [6.07, 6.45) is 1.34. The molecule has 1 unspecified atom stereocenters. The predicted octanol–water partition coefficient (Wildman–Crippen LogP) is 1.68. The van der Waals surface area contributed by atoms with Crippen LogP contribution in [0, 0.1) is 11.6 Å². The quantitative estimate of drug-likeness (QED) is 0.778. The van der Waals surface area contributed by atoms with Gasteiger partial charge in [-0.05, 0) is 13.3 Å². The van der Waals surface area contributed by atoms with Crippen LogP contribution in [0.15, 0.2) is 11.0 Å². The maximum Gasteiger partial charge on any atom is 0.341 e. The standard InChI is InChI=1S/C13H10F2N2O3/c1-4-2-5-8(14)9(15)10(16)7-11(5)17(4)3-6(12(7)18)13(19)20/h3-4H,2,16H2,1H3,(H,19,20). The fourth-order valence-corrected chi connectivity index (χ4v) is 2.73. The van der Waals surface area contributed by atoms with Crippen molar-refractivity contribution in [3.05, 3.63) is 39.2 Å². The highest BCUT2D eigenvalue weighted by Crippen LogP contribution is 2.37. The second kappa shape index (κ2) is 3.78. The number of anilines is 1. The van der Waals surface area contributed by atoms with Gasteiger partial charge in [0.1, 0.15) is 5.56 Å². The minimum absolute atomic E-state index is 0.0632. The molecule has 0 saturated carbocycles. The number of rotatable bonds is 1. The summed E-state index contributed by atoms with van der Waals surface area (Å²) >= 11 is 0. The third-order valence-electron chi connectivity index (χ3n) is 3.69. The van der Waals surface area contributed by atoms with Gasteiger partial charge in [0.15, 0.2) is 11.6 Å². The molecule has 0 bridgehead atoms. The van der Waals surface area contributed by atoms with Crippen molar-refractivity contribution in [3.8, 4) is 0 Å². The average Bonchev–Trinajstić information content (AvgIpc) is 2.71. The number of halogens is 2. The van der Waals surface area contributed by atoms with E-state index in [-0.39, 0.29) is 28.9 Å². The molecule has 104 valence electrons. The van der Waals surface area contributed by atoms with E-state index in [0.717, 1.165) is 6.20 Å². The van der Waals surface area contributed by atoms with Crippen LogP contribution < -0.4 is 11.2 Å². The molecule has 1 atom stereocenters. The van der Waals surface area contributed by atoms with Crippen molar-refractivity contribution < 1.29 is 18.7 Å². The van der Waals surface area contributed by atoms with Gasteiger partial charge in [-0.3, -0.25) is 4.79 Å². The Kier molecular flexibility index (Phi) is 2.38. The van der Waals surface area contributed by atoms with Crippen LogP contribution in [0.4, 0.5) is 14.5 Å². The number of aromatic nitrogens is 1. The monoisotopic (exact) mass is 280 g/mol. The number of carboxylic acids is 1. The minimum atomic E-state index is -1.43. The number of hydrogen-bond acceptors (Lipinski definition) is 3. The lowest BCUT2D eigenvalue weighted by Crippen LogP contribution is -2.20. The van der Waals surface area contributed by atoms with Crippen molar-refractivity contribution in [3.63, 3.8) is 0 Å². The lowest BCUT2D eigenvalue weighted by molar-refractivity contribution is 0.0695. The Morgan fingerprint density at radius 3 is 2.70 bits per heavy atom. The van der Waals surface area contributed by atoms with E-state index in [9.17, 15) is 18.4 Å². The van der Waals surface area contributed by atoms with Crippen molar-refractivity contribution in [2.75, 3.05) is 5.73 Å². The topological polar surface area (TPSA) is 85.3 Å². The maximum absolute atomic E-state index is 13.9. The van der Waals surface area contributed by atoms with Crippen molar-refractivity contribution in [1.82, 2.24) is 4.57 Å². The summed E-state index contributed by atoms with van der Waals surface area (Å²) < 4.78 is 29.1. The number of nitrogens with two attached hydrogens (primary N) is 1. The zero-order valence-electron chi connectivity index (χ0n) is 10.4. The average molecular weight is 280 g/mol. The Morgan fingerprint density at radius 1 is 1.45 bits per heavy atom. The molecular weight excluding hydrogens is 270 g/mol. The number of nitrogens with zero attached hydrogens (tertiary/aromatic N) is 1. The largest absolute Gasteiger partial charge is 0.477 e. The van der Waals surface area contributed by atoms with Gasteiger partial charge < -0.3 is 15.4 Å². The Bertz CT molecular complexity index is 842. The zero-order valence-corrected chi connectivity index (χ0v) is 10.4. The van der Waals surface area contributed by atoms with Crippen LogP contribution >= 0.6 is 0 Å². The van der Waals surface area contributed by atoms with E-state index >= 15 is 0 Å². The molecule has 1 aliphatic rings. The highest BCUT2D eigenvalue weighted by Gasteiger charge is 2.31. The molecule has 2 aromatic rings. The number of pyridine rings is 1. The number of nitrogen functional groups attached to an aromatic ring is 1. The summed E-state index contributed by atoms with van der Waals surface area (Å²) in [5, 5.41) is 8.78. The van der Waals surface area contributed by atoms with Gasteiger partial charge in [0, 0.05) is 17.8 Å². The molecule has 1 aromatic carbocycles. The van der Waals surface area contributed by atoms with Crippen LogP contribution in [0.25, 0.3) is 10.9 Å². The smallest absolute Gasteiger partial charge is 0.341 e. The van der Waals surface area contributed by atoms with E-state index in [1.165, 1.54) is 4.57 Å². The van der Waals surface area contributed by atoms with E-state index < -0.39 is 34.3 Å². The highest BCUT2D eigenvalue weighted by atomic mass is 19.2. The fourth-order valence-electron chi connectivity index (χ4n) is 2.73. The maximum atomic E-state index is 13.9. The Morgan fingerprint density at radius 2 is 2.10 bits per heavy atom. The van der Waals surface area contributed by atoms with Crippen molar-refractivity contribution in [2.45, 2.75) is 19.4 Å². The Balaban J connectivity index is 2.64. The summed E-state index contributed by atoms with van der Waals surface area (Å²) in [5.74, 6) is -3.80. The fraction of sp³-hybridized carbons (Fsp3) is 0.231. The van der Waals surface area contributed by atoms with E-state index in [4.69, 9.17) is 10.8 Å². The van der Waals surface area contributed by atoms with E-state index in [1.54, 1.807) is 6.92 Å². The van der Waals surface area contributed by atoms with Crippen LogP contribution in [-0.2, 0) is 6.42 Å². The molecule has 0 spiro atoms. The molecule has 0 radical (unpaired) electrons. The molecule has 20 heavy (non-hydrogen) atoms. The molecule has 7 heteroatoms. The predicted molar refractivity (Wildman–Crippen MR) is 67.9 cm³/mol. The van der Waals surface area contributed by atoms with Crippen molar-refractivity contribution in [1.29, 1.82) is 0 Å². The van der Waals surface area contributed by atoms with Gasteiger partial charge in [-0.2, -0.15) is 0 Å². The van der Waals surface area contributed by atoms with E-state index in [2.05, 4.69) is 0 Å². The highest BCUT2D eigenvalue weighted by molar-refractivity contribution is 5.99. The van der Waals surface area contributed by atoms with Gasteiger partial charge in [-0.25, -0.2) is 13.6 Å². The Labute approximate surface area is 111 Å². The van der Waals surface area contributed by atoms with Crippen molar-refractivity contribution >= 4 is 22.6 Å². The van der Waals surface area contributed by atoms with Gasteiger partial charge in [0.2, 0.25) is 5.43 Å². The second-order valence-electron chi connectivity index (χ2n) is 4.88. The normalized spacial score (nSPS) is 16.9. The number of carboxylic acid groups (broad SMARTS) is 1. The molecule has 0 aliphatic carbocycles. The van der Waals surface area contributed by atoms with Crippen molar-refractivity contribution in [2.24, 2.45) is 0 Å². The summed E-state index contributed by atoms with van der Waals surface area (Å²) in [4.78, 5) is 23.2. The minimum Gasteiger partial charge on any atom is -0.477 e. The molecule has 3 rings (SSSR count). The number of benzene rings is 1. The third-order valence-corrected chi connectivity index (χ3v) is 3.69. The van der Waals surface area contributed by atoms with Gasteiger partial charge in [-0.15, -0.1) is 0 Å². The Hall–Kier alpha value is -2.44. The number of hydrogen-bond donors (Lipinski definition) is 2. The third kappa shape index (κ3) is 1.34. The first-order valence-corrected chi connectivity index (χ1v) is 5.92. The molecule has 3 N–H and O–H groups in total. The van der Waals surface area contributed by atoms with Gasteiger partial charge in [0.05, 0.1) is 16.6 Å². The summed E-state index contributed by atoms with van der Waals surface area (Å²) in [6, 6.07) is -0.276. The first-order valence-electron chi connectivity index (χ1n) is 5.92. The molecule has 0 amide bonds. The molecule has 1 aliphatic heterocycles. The van der Waals surface area contributed by atoms with E-state index in [0.29, 0.717) is 0 Å². The van der Waals surface area contributed by atoms with Crippen LogP contribution in [-0.4, -0.2) is 15.6 Å². The van der Waals surface area contributed by atoms with E-state index in [1.807, 2.05) is 0 Å². The van der Waals surface area contributed by atoms with Gasteiger partial charge in [0.25, 0.3) is 0 Å². The summed E-state index contributed by atoms with van der Waals surface area (Å²) in [7, 11) is 0. The number of aromatic carboxylic acids is 1. The SMILES string of the molecule is CC1Cc2c(F)c(F)c(N)c3c(=O)c(C(=O)O)cn1c23. The molecule has 5 nitrogen and oxygen atoms in total. The first kappa shape index (κ1) is 12.6. The summed E-state index contributed by atoms with van der Waals surface area (Å²) in [6.45, 7) is 1.73. The molecular formula is C13H10F2N2O3. The molecule has 1 aromatic heterocycles. The zero-order chi connectivity index (χ0) is 14.8.